The molecule has 0 fully saturated rings. The minimum atomic E-state index is -0.592. The smallest absolute Gasteiger partial charge is 0.319 e. The van der Waals surface area contributed by atoms with Crippen molar-refractivity contribution in [1.82, 2.24) is 10.6 Å². The lowest BCUT2D eigenvalue weighted by Crippen LogP contribution is -2.39. The average molecular weight is 294 g/mol. The number of anilines is 1. The predicted octanol–water partition coefficient (Wildman–Crippen LogP) is 1.55. The summed E-state index contributed by atoms with van der Waals surface area (Å²) in [6.45, 7) is 3.86. The first kappa shape index (κ1) is 16.4. The lowest BCUT2D eigenvalue weighted by molar-refractivity contribution is -0.385. The van der Waals surface area contributed by atoms with Crippen molar-refractivity contribution in [2.24, 2.45) is 0 Å². The Morgan fingerprint density at radius 1 is 1.29 bits per heavy atom. The van der Waals surface area contributed by atoms with Crippen LogP contribution in [0.1, 0.15) is 18.9 Å². The fourth-order valence-electron chi connectivity index (χ4n) is 1.61. The molecule has 0 atom stereocenters. The zero-order chi connectivity index (χ0) is 15.8. The Labute approximate surface area is 122 Å². The highest BCUT2D eigenvalue weighted by Gasteiger charge is 2.14. The van der Waals surface area contributed by atoms with Gasteiger partial charge >= 0.3 is 6.03 Å². The number of nitro benzene ring substituents is 1. The largest absolute Gasteiger partial charge is 0.355 e. The zero-order valence-electron chi connectivity index (χ0n) is 11.9. The van der Waals surface area contributed by atoms with Gasteiger partial charge in [0.2, 0.25) is 5.91 Å². The SMILES string of the molecule is CCCNC(=O)CNC(=O)Nc1cccc([N+](=O)[O-])c1C. The summed E-state index contributed by atoms with van der Waals surface area (Å²) in [5.41, 5.74) is 0.609. The van der Waals surface area contributed by atoms with Gasteiger partial charge in [-0.1, -0.05) is 13.0 Å². The second kappa shape index (κ2) is 7.83. The van der Waals surface area contributed by atoms with Crippen molar-refractivity contribution in [2.75, 3.05) is 18.4 Å². The van der Waals surface area contributed by atoms with E-state index in [4.69, 9.17) is 0 Å². The molecule has 0 aromatic heterocycles. The van der Waals surface area contributed by atoms with Crippen molar-refractivity contribution < 1.29 is 14.5 Å². The zero-order valence-corrected chi connectivity index (χ0v) is 11.9. The summed E-state index contributed by atoms with van der Waals surface area (Å²) < 4.78 is 0. The number of benzene rings is 1. The fraction of sp³-hybridized carbons (Fsp3) is 0.385. The van der Waals surface area contributed by atoms with Crippen LogP contribution >= 0.6 is 0 Å². The number of urea groups is 1. The van der Waals surface area contributed by atoms with Crippen molar-refractivity contribution >= 4 is 23.3 Å². The maximum absolute atomic E-state index is 11.7. The number of hydrogen-bond donors (Lipinski definition) is 3. The molecule has 0 heterocycles. The minimum absolute atomic E-state index is 0.0755. The summed E-state index contributed by atoms with van der Waals surface area (Å²) >= 11 is 0. The third-order valence-electron chi connectivity index (χ3n) is 2.73. The van der Waals surface area contributed by atoms with Crippen LogP contribution in [0.2, 0.25) is 0 Å². The first-order valence-corrected chi connectivity index (χ1v) is 6.51. The Morgan fingerprint density at radius 2 is 2.00 bits per heavy atom. The molecule has 114 valence electrons. The molecule has 0 radical (unpaired) electrons. The van der Waals surface area contributed by atoms with E-state index < -0.39 is 11.0 Å². The van der Waals surface area contributed by atoms with Gasteiger partial charge in [0.05, 0.1) is 22.7 Å². The number of hydrogen-bond acceptors (Lipinski definition) is 4. The van der Waals surface area contributed by atoms with Gasteiger partial charge in [0, 0.05) is 12.6 Å². The molecular weight excluding hydrogens is 276 g/mol. The molecule has 0 saturated carbocycles. The highest BCUT2D eigenvalue weighted by atomic mass is 16.6. The maximum atomic E-state index is 11.7. The van der Waals surface area contributed by atoms with Crippen LogP contribution in [-0.2, 0) is 4.79 Å². The molecular formula is C13H18N4O4. The Morgan fingerprint density at radius 3 is 2.62 bits per heavy atom. The van der Waals surface area contributed by atoms with Crippen molar-refractivity contribution in [3.8, 4) is 0 Å². The lowest BCUT2D eigenvalue weighted by atomic mass is 10.1. The van der Waals surface area contributed by atoms with Crippen LogP contribution in [0.15, 0.2) is 18.2 Å². The van der Waals surface area contributed by atoms with Gasteiger partial charge in [-0.15, -0.1) is 0 Å². The second-order valence-corrected chi connectivity index (χ2v) is 4.36. The van der Waals surface area contributed by atoms with Crippen LogP contribution in [0.4, 0.5) is 16.2 Å². The van der Waals surface area contributed by atoms with Crippen molar-refractivity contribution in [3.63, 3.8) is 0 Å². The molecule has 3 amide bonds. The number of carbonyl (C=O) groups is 2. The van der Waals surface area contributed by atoms with Crippen LogP contribution in [0.5, 0.6) is 0 Å². The molecule has 0 aliphatic heterocycles. The van der Waals surface area contributed by atoms with Gasteiger partial charge in [-0.05, 0) is 19.4 Å². The van der Waals surface area contributed by atoms with E-state index in [-0.39, 0.29) is 18.1 Å². The Kier molecular flexibility index (Phi) is 6.12. The fourth-order valence-corrected chi connectivity index (χ4v) is 1.61. The van der Waals surface area contributed by atoms with Crippen LogP contribution in [0, 0.1) is 17.0 Å². The molecule has 1 rings (SSSR count). The monoisotopic (exact) mass is 294 g/mol. The van der Waals surface area contributed by atoms with Crippen LogP contribution in [0.25, 0.3) is 0 Å². The Hall–Kier alpha value is -2.64. The van der Waals surface area contributed by atoms with Gasteiger partial charge in [0.25, 0.3) is 5.69 Å². The van der Waals surface area contributed by atoms with E-state index in [1.54, 1.807) is 13.0 Å². The van der Waals surface area contributed by atoms with Gasteiger partial charge in [0.1, 0.15) is 0 Å². The summed E-state index contributed by atoms with van der Waals surface area (Å²) in [5, 5.41) is 18.3. The Bertz CT molecular complexity index is 545. The molecule has 0 bridgehead atoms. The summed E-state index contributed by atoms with van der Waals surface area (Å²) in [5.74, 6) is -0.289. The average Bonchev–Trinajstić information content (AvgIpc) is 2.44. The third-order valence-corrected chi connectivity index (χ3v) is 2.73. The highest BCUT2D eigenvalue weighted by molar-refractivity contribution is 5.93. The normalized spacial score (nSPS) is 9.81. The van der Waals surface area contributed by atoms with Crippen molar-refractivity contribution in [1.29, 1.82) is 0 Å². The molecule has 1 aromatic carbocycles. The quantitative estimate of drug-likeness (QED) is 0.545. The second-order valence-electron chi connectivity index (χ2n) is 4.36. The number of amides is 3. The molecule has 0 saturated heterocycles. The highest BCUT2D eigenvalue weighted by Crippen LogP contribution is 2.24. The van der Waals surface area contributed by atoms with Crippen LogP contribution < -0.4 is 16.0 Å². The van der Waals surface area contributed by atoms with Crippen molar-refractivity contribution in [2.45, 2.75) is 20.3 Å². The van der Waals surface area contributed by atoms with E-state index in [0.717, 1.165) is 6.42 Å². The molecule has 1 aromatic rings. The first-order chi connectivity index (χ1) is 9.95. The molecule has 0 spiro atoms. The van der Waals surface area contributed by atoms with Gasteiger partial charge in [0.15, 0.2) is 0 Å². The molecule has 21 heavy (non-hydrogen) atoms. The number of nitro groups is 1. The molecule has 0 aliphatic carbocycles. The molecule has 8 heteroatoms. The number of nitrogens with one attached hydrogen (secondary N) is 3. The van der Waals surface area contributed by atoms with Crippen LogP contribution in [-0.4, -0.2) is 30.0 Å². The first-order valence-electron chi connectivity index (χ1n) is 6.51. The standard InChI is InChI=1S/C13H18N4O4/c1-3-7-14-12(18)8-15-13(19)16-10-5-4-6-11(9(10)2)17(20)21/h4-6H,3,7-8H2,1-2H3,(H,14,18)(H2,15,16,19). The summed E-state index contributed by atoms with van der Waals surface area (Å²) in [7, 11) is 0. The summed E-state index contributed by atoms with van der Waals surface area (Å²) in [6, 6.07) is 3.80. The third kappa shape index (κ3) is 5.09. The lowest BCUT2D eigenvalue weighted by Gasteiger charge is -2.10. The number of carbonyl (C=O) groups excluding carboxylic acids is 2. The van der Waals surface area contributed by atoms with E-state index in [9.17, 15) is 19.7 Å². The Balaban J connectivity index is 2.58. The molecule has 0 unspecified atom stereocenters. The minimum Gasteiger partial charge on any atom is -0.355 e. The van der Waals surface area contributed by atoms with Crippen molar-refractivity contribution in [3.05, 3.63) is 33.9 Å². The van der Waals surface area contributed by atoms with Gasteiger partial charge < -0.3 is 16.0 Å². The molecule has 3 N–H and O–H groups in total. The maximum Gasteiger partial charge on any atom is 0.319 e. The number of rotatable bonds is 6. The number of nitrogens with zero attached hydrogens (tertiary/aromatic N) is 1. The predicted molar refractivity (Wildman–Crippen MR) is 78.2 cm³/mol. The summed E-state index contributed by atoms with van der Waals surface area (Å²) in [6.07, 6.45) is 0.810. The summed E-state index contributed by atoms with van der Waals surface area (Å²) in [4.78, 5) is 33.3. The van der Waals surface area contributed by atoms with Gasteiger partial charge in [-0.2, -0.15) is 0 Å². The van der Waals surface area contributed by atoms with Gasteiger partial charge in [-0.3, -0.25) is 14.9 Å². The van der Waals surface area contributed by atoms with E-state index in [2.05, 4.69) is 16.0 Å². The molecule has 8 nitrogen and oxygen atoms in total. The molecule has 0 aliphatic rings. The van der Waals surface area contributed by atoms with Gasteiger partial charge in [-0.25, -0.2) is 4.79 Å². The van der Waals surface area contributed by atoms with E-state index >= 15 is 0 Å². The van der Waals surface area contributed by atoms with Crippen LogP contribution in [0.3, 0.4) is 0 Å². The topological polar surface area (TPSA) is 113 Å². The van der Waals surface area contributed by atoms with E-state index in [1.807, 2.05) is 6.92 Å². The van der Waals surface area contributed by atoms with E-state index in [1.165, 1.54) is 12.1 Å². The van der Waals surface area contributed by atoms with E-state index in [0.29, 0.717) is 17.8 Å².